The van der Waals surface area contributed by atoms with Gasteiger partial charge in [-0.2, -0.15) is 26.3 Å². The van der Waals surface area contributed by atoms with Gasteiger partial charge in [0.25, 0.3) is 11.8 Å². The number of nitrogens with zero attached hydrogens (tertiary/aromatic N) is 12. The third-order valence-electron chi connectivity index (χ3n) is 16.6. The van der Waals surface area contributed by atoms with Crippen molar-refractivity contribution in [1.29, 1.82) is 0 Å². The number of carbonyl (C=O) groups is 7. The van der Waals surface area contributed by atoms with Crippen molar-refractivity contribution in [2.75, 3.05) is 104 Å². The fourth-order valence-corrected chi connectivity index (χ4v) is 11.9. The number of amides is 8. The van der Waals surface area contributed by atoms with Crippen LogP contribution >= 0.6 is 0 Å². The van der Waals surface area contributed by atoms with Gasteiger partial charge in [0.05, 0.1) is 59.4 Å². The van der Waals surface area contributed by atoms with E-state index in [2.05, 4.69) is 72.5 Å². The summed E-state index contributed by atoms with van der Waals surface area (Å²) in [5.41, 5.74) is 3.23. The van der Waals surface area contributed by atoms with Crippen molar-refractivity contribution in [3.05, 3.63) is 139 Å². The smallest absolute Gasteiger partial charge is 0.395 e. The van der Waals surface area contributed by atoms with Crippen molar-refractivity contribution < 1.29 is 65.0 Å². The van der Waals surface area contributed by atoms with Crippen molar-refractivity contribution in [3.8, 4) is 0 Å². The Morgan fingerprint density at radius 3 is 1.68 bits per heavy atom. The number of H-pyrrole nitrogens is 1. The van der Waals surface area contributed by atoms with Crippen LogP contribution in [0.25, 0.3) is 10.9 Å². The molecule has 95 heavy (non-hydrogen) atoms. The standard InChI is InChI=1S/C22H21F3N6O2.C21H22F3N7O4.C20H21N5O2/c1-12(22(23,24)25)8-18(32)15-2-3-17-20(28-15)31(14-5-7-30(17)11-14)21(33)29-19-9-13-4-6-26-16(13)10-27-19;22-21(23,24)11-27-19(34)14-1-2-15-17(28-14)31(13-4-7-30(15)10-13)20(35)29-16-9-12(3-5-25-16)18(33)26-6-8-32;1-2-3-6-17(26)15-8-9-16-19(22-15)25(14-10-12-24(16)13-14)20(27)23-18-7-4-5-11-21-18/h2-4,6,9-10,12,14,26H,5,7-8,11H2,1H3,(H,27,29,33);1-3,5,9,13,32H,4,6-8,10-11H2,(H,26,33)(H,27,34)(H,25,29,35);2,4-5,7-9,11,14H,1,3,6,10,12-13H2,(H,21,23,27)/t12-,14-;13-;14-/m000/s1. The highest BCUT2D eigenvalue weighted by atomic mass is 19.4. The number of halogens is 6. The summed E-state index contributed by atoms with van der Waals surface area (Å²) in [5.74, 6) is -2.10. The molecule has 0 spiro atoms. The average Bonchev–Trinajstić information content (AvgIpc) is 1.70. The van der Waals surface area contributed by atoms with E-state index in [0.29, 0.717) is 79.8 Å². The van der Waals surface area contributed by atoms with Crippen LogP contribution in [-0.2, 0) is 0 Å². The van der Waals surface area contributed by atoms with Crippen LogP contribution in [0.1, 0.15) is 87.3 Å². The molecule has 26 nitrogen and oxygen atoms in total. The molecule has 32 heteroatoms. The molecule has 13 rings (SSSR count). The molecule has 7 aromatic rings. The van der Waals surface area contributed by atoms with Crippen molar-refractivity contribution in [1.82, 2.24) is 45.5 Å². The zero-order chi connectivity index (χ0) is 67.3. The molecule has 7 aromatic heterocycles. The molecule has 7 N–H and O–H groups in total. The number of aromatic amines is 1. The van der Waals surface area contributed by atoms with Gasteiger partial charge in [-0.1, -0.05) is 19.1 Å². The number of alkyl halides is 6. The Hall–Kier alpha value is -10.8. The van der Waals surface area contributed by atoms with E-state index in [1.807, 2.05) is 23.1 Å². The Balaban J connectivity index is 0.000000146. The number of aliphatic hydroxyl groups excluding tert-OH is 1. The van der Waals surface area contributed by atoms with Crippen LogP contribution in [0.5, 0.6) is 0 Å². The van der Waals surface area contributed by atoms with Gasteiger partial charge >= 0.3 is 30.4 Å². The number of hydrogen-bond acceptors (Lipinski definition) is 17. The molecule has 0 aliphatic carbocycles. The first-order valence-corrected chi connectivity index (χ1v) is 30.4. The van der Waals surface area contributed by atoms with E-state index in [1.165, 1.54) is 40.3 Å². The second kappa shape index (κ2) is 27.8. The highest BCUT2D eigenvalue weighted by Crippen LogP contribution is 2.43. The Morgan fingerprint density at radius 1 is 0.632 bits per heavy atom. The maximum Gasteiger partial charge on any atom is 0.405 e. The number of fused-ring (bicyclic) bond motifs is 13. The van der Waals surface area contributed by atoms with Gasteiger partial charge in [-0.05, 0) is 98.5 Å². The van der Waals surface area contributed by atoms with Gasteiger partial charge in [-0.25, -0.2) is 44.3 Å². The lowest BCUT2D eigenvalue weighted by Gasteiger charge is -2.35. The van der Waals surface area contributed by atoms with Gasteiger partial charge in [-0.3, -0.25) is 49.8 Å². The molecule has 0 saturated carbocycles. The lowest BCUT2D eigenvalue weighted by molar-refractivity contribution is -0.168. The number of hydrogen-bond donors (Lipinski definition) is 7. The molecule has 0 radical (unpaired) electrons. The number of pyridine rings is 6. The minimum atomic E-state index is -4.57. The first-order valence-electron chi connectivity index (χ1n) is 30.4. The predicted molar refractivity (Wildman–Crippen MR) is 339 cm³/mol. The van der Waals surface area contributed by atoms with Crippen LogP contribution in [0.2, 0.25) is 0 Å². The summed E-state index contributed by atoms with van der Waals surface area (Å²) in [4.78, 5) is 128. The Kier molecular flexibility index (Phi) is 19.2. The second-order valence-electron chi connectivity index (χ2n) is 23.1. The average molecular weight is 1320 g/mol. The minimum absolute atomic E-state index is 0.0345. The number of urea groups is 3. The van der Waals surface area contributed by atoms with Gasteiger partial charge < -0.3 is 35.4 Å². The zero-order valence-electron chi connectivity index (χ0n) is 51.0. The molecule has 4 atom stereocenters. The predicted octanol–water partition coefficient (Wildman–Crippen LogP) is 8.74. The van der Waals surface area contributed by atoms with Crippen molar-refractivity contribution in [2.24, 2.45) is 5.92 Å². The molecular formula is C63H64F6N18O8. The summed E-state index contributed by atoms with van der Waals surface area (Å²) in [6.45, 7) is 7.10. The lowest BCUT2D eigenvalue weighted by atomic mass is 10.0. The molecule has 8 amide bonds. The fourth-order valence-electron chi connectivity index (χ4n) is 11.9. The summed E-state index contributed by atoms with van der Waals surface area (Å²) in [7, 11) is 0. The summed E-state index contributed by atoms with van der Waals surface area (Å²) < 4.78 is 76.2. The Morgan fingerprint density at radius 2 is 1.16 bits per heavy atom. The third kappa shape index (κ3) is 14.9. The van der Waals surface area contributed by atoms with E-state index in [-0.39, 0.29) is 77.5 Å². The first-order chi connectivity index (χ1) is 45.5. The van der Waals surface area contributed by atoms with E-state index < -0.39 is 60.9 Å². The number of aliphatic hydroxyl groups is 1. The fraction of sp³-hybridized carbons (Fsp3) is 0.349. The molecule has 13 heterocycles. The molecule has 6 bridgehead atoms. The Labute approximate surface area is 538 Å². The molecule has 6 aliphatic heterocycles. The zero-order valence-corrected chi connectivity index (χ0v) is 51.0. The molecular weight excluding hydrogens is 1250 g/mol. The van der Waals surface area contributed by atoms with Gasteiger partial charge in [0.2, 0.25) is 0 Å². The van der Waals surface area contributed by atoms with Crippen molar-refractivity contribution in [2.45, 2.75) is 75.9 Å². The van der Waals surface area contributed by atoms with Gasteiger partial charge in [-0.15, -0.1) is 6.58 Å². The SMILES string of the molecule is C=CCCC(=O)c1ccc2c(n1)N(C(=O)Nc1ccccn1)[C@H]1CCN2C1.C[C@@H](CC(=O)c1ccc2c(n1)N(C(=O)Nc1cc3cc[nH]c3cn1)[C@H]1CCN2C1)C(F)(F)F.O=C(NCCO)c1ccnc(NC(=O)N2c3nc(C(=O)NCC(F)(F)F)ccc3N3CC[C@H]2C3)c1. The third-order valence-corrected chi connectivity index (χ3v) is 16.6. The molecule has 3 fully saturated rings. The first kappa shape index (κ1) is 65.7. The van der Waals surface area contributed by atoms with Gasteiger partial charge in [0.15, 0.2) is 29.0 Å². The lowest BCUT2D eigenvalue weighted by Crippen LogP contribution is -2.48. The van der Waals surface area contributed by atoms with E-state index in [1.54, 1.807) is 71.3 Å². The van der Waals surface area contributed by atoms with Crippen LogP contribution in [0.4, 0.5) is 92.7 Å². The highest BCUT2D eigenvalue weighted by molar-refractivity contribution is 6.08. The van der Waals surface area contributed by atoms with E-state index >= 15 is 0 Å². The number of rotatable bonds is 15. The highest BCUT2D eigenvalue weighted by Gasteiger charge is 2.45. The second-order valence-corrected chi connectivity index (χ2v) is 23.1. The van der Waals surface area contributed by atoms with Crippen molar-refractivity contribution in [3.63, 3.8) is 0 Å². The number of aromatic nitrogens is 7. The van der Waals surface area contributed by atoms with Crippen LogP contribution < -0.4 is 56.0 Å². The van der Waals surface area contributed by atoms with Crippen LogP contribution in [-0.4, -0.2) is 171 Å². The maximum absolute atomic E-state index is 13.3. The molecule has 6 aliphatic rings. The van der Waals surface area contributed by atoms with E-state index in [0.717, 1.165) is 49.6 Å². The van der Waals surface area contributed by atoms with Crippen molar-refractivity contribution >= 4 is 104 Å². The number of allylic oxidation sites excluding steroid dienone is 1. The Bertz CT molecular complexity index is 4080. The van der Waals surface area contributed by atoms with Crippen LogP contribution in [0, 0.1) is 5.92 Å². The quantitative estimate of drug-likeness (QED) is 0.0287. The molecule has 0 unspecified atom stereocenters. The number of anilines is 9. The maximum atomic E-state index is 13.3. The number of nitrogens with one attached hydrogen (secondary N) is 6. The molecule has 0 aromatic carbocycles. The molecule has 3 saturated heterocycles. The van der Waals surface area contributed by atoms with E-state index in [4.69, 9.17) is 5.11 Å². The summed E-state index contributed by atoms with van der Waals surface area (Å²) in [6.07, 6.45) is 1.51. The largest absolute Gasteiger partial charge is 0.405 e. The minimum Gasteiger partial charge on any atom is -0.395 e. The number of ketones is 2. The summed E-state index contributed by atoms with van der Waals surface area (Å²) in [6, 6.07) is 19.6. The van der Waals surface area contributed by atoms with Crippen LogP contribution in [0.3, 0.4) is 0 Å². The van der Waals surface area contributed by atoms with Gasteiger partial charge in [0, 0.05) is 88.2 Å². The van der Waals surface area contributed by atoms with Crippen LogP contribution in [0.15, 0.2) is 116 Å². The summed E-state index contributed by atoms with van der Waals surface area (Å²) in [5, 5.41) is 22.3. The number of carbonyl (C=O) groups excluding carboxylic acids is 7. The summed E-state index contributed by atoms with van der Waals surface area (Å²) >= 11 is 0. The normalized spacial score (nSPS) is 17.4. The molecule has 496 valence electrons. The topological polar surface area (TPSA) is 312 Å². The van der Waals surface area contributed by atoms with E-state index in [9.17, 15) is 59.9 Å². The number of Topliss-reactive ketones (excluding diaryl/α,β-unsaturated/α-hetero) is 2. The monoisotopic (exact) mass is 1310 g/mol. The van der Waals surface area contributed by atoms with Gasteiger partial charge in [0.1, 0.15) is 41.1 Å².